The third kappa shape index (κ3) is 24.6. The minimum atomic E-state index is -1.86. The molecule has 0 aromatic rings. The Morgan fingerprint density at radius 1 is 0.770 bits per heavy atom. The number of carbonyl (C=O) groups excluding carboxylic acids is 5. The van der Waals surface area contributed by atoms with E-state index in [2.05, 4.69) is 32.9 Å². The first-order valence-corrected chi connectivity index (χ1v) is 38.4. The van der Waals surface area contributed by atoms with Gasteiger partial charge < -0.3 is 64.1 Å². The van der Waals surface area contributed by atoms with Crippen LogP contribution in [0.1, 0.15) is 236 Å². The number of aliphatic carboxylic acids is 1. The molecule has 17 atom stereocenters. The molecule has 0 radical (unpaired) electrons. The van der Waals surface area contributed by atoms with Crippen LogP contribution in [-0.4, -0.2) is 175 Å². The first-order chi connectivity index (χ1) is 47.6. The molecule has 19 heteroatoms. The second-order valence-corrected chi connectivity index (χ2v) is 31.6. The fourth-order valence-corrected chi connectivity index (χ4v) is 16.4. The maximum Gasteiger partial charge on any atom is 0.329 e. The summed E-state index contributed by atoms with van der Waals surface area (Å²) < 4.78 is 32.0. The van der Waals surface area contributed by atoms with Crippen molar-refractivity contribution in [3.8, 4) is 0 Å². The molecule has 0 spiro atoms. The standard InChI is InChI=1S/C81H126N2O17/c1-52-21-13-11-15-23-55(4)74(96-10)47-67-37-29-60(9)81(95,100-67)50-76(89)83-42-20-18-26-69(83)79(93)98-73(40-27-54(3)70(85)48-71(86)56(5)43-52)57(6)45-61-30-38-65(39-31-61)97-51-63(24-16-12-14-22-53(2)44-58(7)77(90)62-32-34-64(84)35-33-62)72(87)46-66-36-28-59(8)80(94,99-66)49-75(88)82-41-19-17-25-68(82)78(91)92/h11-16,21-24,27,52-53,56-62,64-70,72-74,84-85,87,94-95H,17-20,25-26,28-51H2,1-10H3,(H,91,92). The van der Waals surface area contributed by atoms with Gasteiger partial charge in [-0.1, -0.05) is 115 Å². The van der Waals surface area contributed by atoms with Crippen molar-refractivity contribution >= 4 is 35.3 Å². The zero-order valence-corrected chi connectivity index (χ0v) is 62.1. The van der Waals surface area contributed by atoms with Gasteiger partial charge in [0.25, 0.3) is 0 Å². The summed E-state index contributed by atoms with van der Waals surface area (Å²) in [5, 5.41) is 67.7. The maximum absolute atomic E-state index is 14.8. The number of aliphatic hydroxyl groups excluding tert-OH is 3. The second-order valence-electron chi connectivity index (χ2n) is 31.6. The molecule has 0 aromatic heterocycles. The van der Waals surface area contributed by atoms with Crippen molar-refractivity contribution < 1.29 is 83.1 Å². The zero-order chi connectivity index (χ0) is 72.8. The molecular formula is C81H126N2O17. The third-order valence-electron chi connectivity index (χ3n) is 23.4. The molecule has 19 nitrogen and oxygen atoms in total. The number of carbonyl (C=O) groups is 6. The van der Waals surface area contributed by atoms with E-state index in [1.807, 2.05) is 89.3 Å². The Morgan fingerprint density at radius 3 is 2.20 bits per heavy atom. The summed E-state index contributed by atoms with van der Waals surface area (Å²) in [6.07, 6.45) is 30.9. The molecule has 2 saturated carbocycles. The average Bonchev–Trinajstić information content (AvgIpc) is 0.801. The van der Waals surface area contributed by atoms with E-state index in [4.69, 9.17) is 23.7 Å². The lowest BCUT2D eigenvalue weighted by molar-refractivity contribution is -0.284. The van der Waals surface area contributed by atoms with Crippen LogP contribution in [0.3, 0.4) is 0 Å². The number of likely N-dealkylation sites (tertiary alicyclic amines) is 1. The Labute approximate surface area is 597 Å². The van der Waals surface area contributed by atoms with Crippen molar-refractivity contribution in [2.45, 2.75) is 308 Å². The van der Waals surface area contributed by atoms with Gasteiger partial charge in [0.1, 0.15) is 29.8 Å². The van der Waals surface area contributed by atoms with Crippen LogP contribution < -0.4 is 0 Å². The number of nitrogens with zero attached hydrogens (tertiary/aromatic N) is 2. The molecule has 5 heterocycles. The van der Waals surface area contributed by atoms with Gasteiger partial charge in [-0.25, -0.2) is 9.59 Å². The number of hydrogen-bond acceptors (Lipinski definition) is 16. The van der Waals surface area contributed by atoms with Crippen molar-refractivity contribution in [3.05, 3.63) is 83.6 Å². The van der Waals surface area contributed by atoms with E-state index in [0.29, 0.717) is 127 Å². The van der Waals surface area contributed by atoms with Crippen LogP contribution in [0.2, 0.25) is 0 Å². The van der Waals surface area contributed by atoms with Gasteiger partial charge in [-0.15, -0.1) is 0 Å². The van der Waals surface area contributed by atoms with Crippen LogP contribution in [0.15, 0.2) is 83.6 Å². The topological polar surface area (TPSA) is 276 Å². The van der Waals surface area contributed by atoms with Crippen molar-refractivity contribution in [2.75, 3.05) is 26.8 Å². The molecule has 17 unspecified atom stereocenters. The SMILES string of the molecule is COC1CC2CCC(C)C(O)(CC(=O)N3CCCCC3C(=O)OC(C(C)CC3CCC(OCC(=CC=CC=CC(C)CC(C)C(=O)C4CCC(O)CC4)C(O)CC4CCC(C)C(O)(CC(=O)N5CCCCC5C(=O)O)O4)CC3)CC=C(C)C(O)CC(=O)C(C)CC(C)C=CC=CC=C1C)O2. The van der Waals surface area contributed by atoms with E-state index in [1.165, 1.54) is 4.90 Å². The Kier molecular flexibility index (Phi) is 32.8. The van der Waals surface area contributed by atoms with E-state index < -0.39 is 78.3 Å². The molecule has 2 amide bonds. The van der Waals surface area contributed by atoms with Crippen molar-refractivity contribution in [2.24, 2.45) is 53.3 Å². The quantitative estimate of drug-likeness (QED) is 0.0375. The number of cyclic esters (lactones) is 1. The fourth-order valence-electron chi connectivity index (χ4n) is 16.4. The molecule has 6 N–H and O–H groups in total. The Bertz CT molecular complexity index is 2880. The number of carboxylic acid groups (broad SMARTS) is 1. The van der Waals surface area contributed by atoms with Crippen molar-refractivity contribution in [3.63, 3.8) is 0 Å². The van der Waals surface area contributed by atoms with Crippen LogP contribution in [0.25, 0.3) is 0 Å². The van der Waals surface area contributed by atoms with E-state index in [9.17, 15) is 59.4 Å². The molecule has 5 aliphatic heterocycles. The molecule has 562 valence electrons. The summed E-state index contributed by atoms with van der Waals surface area (Å²) in [5.74, 6) is -6.68. The van der Waals surface area contributed by atoms with Gasteiger partial charge in [-0.3, -0.25) is 19.2 Å². The molecule has 4 saturated heterocycles. The molecule has 7 rings (SSSR count). The summed E-state index contributed by atoms with van der Waals surface area (Å²) >= 11 is 0. The highest BCUT2D eigenvalue weighted by molar-refractivity contribution is 5.86. The molecule has 7 aliphatic rings. The lowest BCUT2D eigenvalue weighted by Gasteiger charge is -2.44. The lowest BCUT2D eigenvalue weighted by Crippen LogP contribution is -2.54. The summed E-state index contributed by atoms with van der Waals surface area (Å²) in [6, 6.07) is -1.83. The number of methoxy groups -OCH3 is 1. The lowest BCUT2D eigenvalue weighted by atomic mass is 9.79. The number of piperidine rings is 2. The highest BCUT2D eigenvalue weighted by Gasteiger charge is 2.48. The van der Waals surface area contributed by atoms with Gasteiger partial charge in [-0.2, -0.15) is 0 Å². The summed E-state index contributed by atoms with van der Waals surface area (Å²) in [6.45, 7) is 18.4. The Balaban J connectivity index is 1.03. The maximum atomic E-state index is 14.8. The predicted octanol–water partition coefficient (Wildman–Crippen LogP) is 12.5. The minimum absolute atomic E-state index is 0.00266. The van der Waals surface area contributed by atoms with E-state index in [1.54, 1.807) is 18.9 Å². The number of carboxylic acids is 1. The Hall–Kier alpha value is -4.96. The third-order valence-corrected chi connectivity index (χ3v) is 23.4. The van der Waals surface area contributed by atoms with Gasteiger partial charge in [0.2, 0.25) is 11.8 Å². The normalized spacial score (nSPS) is 35.5. The fraction of sp³-hybridized carbons (Fsp3) is 0.753. The molecule has 6 fully saturated rings. The van der Waals surface area contributed by atoms with Gasteiger partial charge in [0.05, 0.1) is 62.2 Å². The number of esters is 1. The monoisotopic (exact) mass is 1400 g/mol. The highest BCUT2D eigenvalue weighted by Crippen LogP contribution is 2.41. The molecule has 2 aliphatic carbocycles. The van der Waals surface area contributed by atoms with E-state index in [0.717, 1.165) is 44.1 Å². The molecule has 2 bridgehead atoms. The van der Waals surface area contributed by atoms with Crippen LogP contribution in [0.5, 0.6) is 0 Å². The van der Waals surface area contributed by atoms with Crippen molar-refractivity contribution in [1.29, 1.82) is 0 Å². The zero-order valence-electron chi connectivity index (χ0n) is 62.1. The van der Waals surface area contributed by atoms with Gasteiger partial charge >= 0.3 is 11.9 Å². The summed E-state index contributed by atoms with van der Waals surface area (Å²) in [7, 11) is 1.65. The molecular weight excluding hydrogens is 1270 g/mol. The van der Waals surface area contributed by atoms with E-state index in [-0.39, 0.29) is 122 Å². The van der Waals surface area contributed by atoms with Crippen LogP contribution >= 0.6 is 0 Å². The number of rotatable bonds is 20. The predicted molar refractivity (Wildman–Crippen MR) is 385 cm³/mol. The number of ether oxygens (including phenoxy) is 5. The highest BCUT2D eigenvalue weighted by atomic mass is 16.6. The average molecular weight is 1400 g/mol. The Morgan fingerprint density at radius 2 is 1.48 bits per heavy atom. The van der Waals surface area contributed by atoms with Gasteiger partial charge in [-0.05, 0) is 189 Å². The number of aliphatic hydroxyl groups is 5. The second kappa shape index (κ2) is 39.8. The number of ketones is 2. The largest absolute Gasteiger partial charge is 0.480 e. The minimum Gasteiger partial charge on any atom is -0.480 e. The first-order valence-electron chi connectivity index (χ1n) is 38.4. The van der Waals surface area contributed by atoms with E-state index >= 15 is 0 Å². The van der Waals surface area contributed by atoms with Crippen LogP contribution in [0.4, 0.5) is 0 Å². The smallest absolute Gasteiger partial charge is 0.329 e. The molecule has 0 aromatic carbocycles. The number of hydrogen-bond donors (Lipinski definition) is 6. The number of Topliss-reactive ketones (excluding diaryl/α,β-unsaturated/α-hetero) is 2. The number of fused-ring (bicyclic) bond motifs is 3. The van der Waals surface area contributed by atoms with Crippen molar-refractivity contribution in [1.82, 2.24) is 9.80 Å². The molecule has 100 heavy (non-hydrogen) atoms. The van der Waals surface area contributed by atoms with Gasteiger partial charge in [0.15, 0.2) is 11.6 Å². The number of allylic oxidation sites excluding steroid dienone is 10. The summed E-state index contributed by atoms with van der Waals surface area (Å²) in [5.41, 5.74) is 2.19. The van der Waals surface area contributed by atoms with Crippen LogP contribution in [0, 0.1) is 53.3 Å². The first kappa shape index (κ1) is 82.3. The summed E-state index contributed by atoms with van der Waals surface area (Å²) in [4.78, 5) is 85.0. The van der Waals surface area contributed by atoms with Gasteiger partial charge in [0, 0.05) is 75.5 Å². The number of amides is 2. The van der Waals surface area contributed by atoms with Crippen LogP contribution in [-0.2, 0) is 52.5 Å².